The Bertz CT molecular complexity index is 1070. The van der Waals surface area contributed by atoms with E-state index < -0.39 is 23.9 Å². The molecule has 0 aliphatic heterocycles. The Morgan fingerprint density at radius 3 is 1.81 bits per heavy atom. The van der Waals surface area contributed by atoms with Gasteiger partial charge in [-0.15, -0.1) is 0 Å². The monoisotopic (exact) mass is 497 g/mol. The molecule has 0 bridgehead atoms. The molecule has 0 radical (unpaired) electrons. The van der Waals surface area contributed by atoms with Crippen LogP contribution in [0.15, 0.2) is 91.0 Å². The number of hydrogen-bond acceptors (Lipinski definition) is 4. The van der Waals surface area contributed by atoms with Crippen LogP contribution in [0.5, 0.6) is 0 Å². The standard InChI is InChI=1S/C29H30F3NO3/c1-35-28(29(30,31)32,24-15-9-4-10-16-24)27(34)36-26-18-17-25(19-26)33(20-22-11-5-2-6-12-22)21-23-13-7-3-8-14-23/h2-16,25-26H,17-21H2,1H3/t25-,26+,28+/m0/s1. The van der Waals surface area contributed by atoms with E-state index in [1.54, 1.807) is 6.07 Å². The summed E-state index contributed by atoms with van der Waals surface area (Å²) in [6, 6.07) is 27.1. The first kappa shape index (κ1) is 25.9. The number of rotatable bonds is 9. The first-order chi connectivity index (χ1) is 17.3. The van der Waals surface area contributed by atoms with Crippen LogP contribution in [0.2, 0.25) is 0 Å². The number of carbonyl (C=O) groups excluding carboxylic acids is 1. The molecule has 0 unspecified atom stereocenters. The molecule has 1 aliphatic rings. The normalized spacial score (nSPS) is 19.7. The van der Waals surface area contributed by atoms with Crippen LogP contribution < -0.4 is 0 Å². The Hall–Kier alpha value is -3.16. The Balaban J connectivity index is 1.51. The number of alkyl halides is 3. The second kappa shape index (κ2) is 11.3. The molecule has 190 valence electrons. The predicted octanol–water partition coefficient (Wildman–Crippen LogP) is 6.26. The largest absolute Gasteiger partial charge is 0.460 e. The van der Waals surface area contributed by atoms with Crippen molar-refractivity contribution in [2.75, 3.05) is 7.11 Å². The molecule has 4 nitrogen and oxygen atoms in total. The SMILES string of the molecule is CO[C@@](C(=O)O[C@@H]1CC[C@H](N(Cc2ccccc2)Cc2ccccc2)C1)(c1ccccc1)C(F)(F)F. The summed E-state index contributed by atoms with van der Waals surface area (Å²) in [7, 11) is 0.890. The molecule has 0 spiro atoms. The molecule has 0 saturated heterocycles. The van der Waals surface area contributed by atoms with Crippen LogP contribution >= 0.6 is 0 Å². The Morgan fingerprint density at radius 1 is 0.833 bits per heavy atom. The van der Waals surface area contributed by atoms with E-state index in [1.165, 1.54) is 24.3 Å². The van der Waals surface area contributed by atoms with Gasteiger partial charge in [0.05, 0.1) is 0 Å². The quantitative estimate of drug-likeness (QED) is 0.327. The summed E-state index contributed by atoms with van der Waals surface area (Å²) >= 11 is 0. The van der Waals surface area contributed by atoms with Crippen LogP contribution in [-0.4, -0.2) is 36.3 Å². The molecule has 1 aliphatic carbocycles. The lowest BCUT2D eigenvalue weighted by Crippen LogP contribution is -2.52. The number of ether oxygens (including phenoxy) is 2. The topological polar surface area (TPSA) is 38.8 Å². The van der Waals surface area contributed by atoms with Crippen molar-refractivity contribution in [2.45, 2.75) is 56.3 Å². The lowest BCUT2D eigenvalue weighted by atomic mass is 9.92. The third-order valence-corrected chi connectivity index (χ3v) is 6.78. The van der Waals surface area contributed by atoms with Gasteiger partial charge in [0, 0.05) is 31.8 Å². The maximum Gasteiger partial charge on any atom is 0.432 e. The van der Waals surface area contributed by atoms with Crippen LogP contribution in [0, 0.1) is 0 Å². The molecule has 4 rings (SSSR count). The zero-order chi connectivity index (χ0) is 25.6. The summed E-state index contributed by atoms with van der Waals surface area (Å²) in [6.07, 6.45) is -3.95. The number of nitrogens with zero attached hydrogens (tertiary/aromatic N) is 1. The maximum atomic E-state index is 14.2. The summed E-state index contributed by atoms with van der Waals surface area (Å²) in [4.78, 5) is 15.4. The molecule has 7 heteroatoms. The molecule has 3 aromatic rings. The molecule has 0 amide bonds. The third-order valence-electron chi connectivity index (χ3n) is 6.78. The Kier molecular flexibility index (Phi) is 8.11. The fourth-order valence-corrected chi connectivity index (χ4v) is 4.93. The van der Waals surface area contributed by atoms with Gasteiger partial charge in [-0.25, -0.2) is 4.79 Å². The van der Waals surface area contributed by atoms with Crippen molar-refractivity contribution in [2.24, 2.45) is 0 Å². The smallest absolute Gasteiger partial charge is 0.432 e. The zero-order valence-corrected chi connectivity index (χ0v) is 20.2. The van der Waals surface area contributed by atoms with Crippen LogP contribution in [0.25, 0.3) is 0 Å². The summed E-state index contributed by atoms with van der Waals surface area (Å²) in [5, 5.41) is 0. The van der Waals surface area contributed by atoms with Gasteiger partial charge in [0.2, 0.25) is 0 Å². The number of esters is 1. The lowest BCUT2D eigenvalue weighted by Gasteiger charge is -2.33. The Labute approximate surface area is 209 Å². The Morgan fingerprint density at radius 2 is 1.33 bits per heavy atom. The van der Waals surface area contributed by atoms with Gasteiger partial charge in [0.1, 0.15) is 6.10 Å². The highest BCUT2D eigenvalue weighted by molar-refractivity contribution is 5.82. The second-order valence-corrected chi connectivity index (χ2v) is 9.12. The molecule has 0 aromatic heterocycles. The number of methoxy groups -OCH3 is 1. The second-order valence-electron chi connectivity index (χ2n) is 9.12. The average Bonchev–Trinajstić information content (AvgIpc) is 3.34. The molecular formula is C29H30F3NO3. The van der Waals surface area contributed by atoms with Crippen LogP contribution in [0.1, 0.15) is 36.0 Å². The van der Waals surface area contributed by atoms with Crippen molar-refractivity contribution < 1.29 is 27.4 Å². The van der Waals surface area contributed by atoms with Gasteiger partial charge in [-0.1, -0.05) is 91.0 Å². The molecule has 1 fully saturated rings. The van der Waals surface area contributed by atoms with Crippen molar-refractivity contribution in [3.8, 4) is 0 Å². The minimum atomic E-state index is -4.98. The number of benzene rings is 3. The third kappa shape index (κ3) is 5.63. The fraction of sp³-hybridized carbons (Fsp3) is 0.345. The number of carbonyl (C=O) groups is 1. The molecule has 1 saturated carbocycles. The van der Waals surface area contributed by atoms with Gasteiger partial charge >= 0.3 is 12.1 Å². The summed E-state index contributed by atoms with van der Waals surface area (Å²) in [6.45, 7) is 1.38. The van der Waals surface area contributed by atoms with E-state index in [0.29, 0.717) is 25.9 Å². The molecule has 36 heavy (non-hydrogen) atoms. The molecule has 3 aromatic carbocycles. The van der Waals surface area contributed by atoms with E-state index in [4.69, 9.17) is 9.47 Å². The van der Waals surface area contributed by atoms with Crippen molar-refractivity contribution in [1.29, 1.82) is 0 Å². The zero-order valence-electron chi connectivity index (χ0n) is 20.2. The van der Waals surface area contributed by atoms with Crippen LogP contribution in [-0.2, 0) is 33.0 Å². The minimum absolute atomic E-state index is 0.0581. The first-order valence-electron chi connectivity index (χ1n) is 12.0. The van der Waals surface area contributed by atoms with E-state index >= 15 is 0 Å². The highest BCUT2D eigenvalue weighted by atomic mass is 19.4. The van der Waals surface area contributed by atoms with Gasteiger partial charge in [0.15, 0.2) is 0 Å². The molecule has 3 atom stereocenters. The van der Waals surface area contributed by atoms with Crippen molar-refractivity contribution in [3.63, 3.8) is 0 Å². The highest BCUT2D eigenvalue weighted by Crippen LogP contribution is 2.44. The van der Waals surface area contributed by atoms with E-state index in [0.717, 1.165) is 24.7 Å². The van der Waals surface area contributed by atoms with Crippen molar-refractivity contribution in [3.05, 3.63) is 108 Å². The lowest BCUT2D eigenvalue weighted by molar-refractivity contribution is -0.278. The predicted molar refractivity (Wildman–Crippen MR) is 131 cm³/mol. The molecule has 0 heterocycles. The van der Waals surface area contributed by atoms with E-state index in [-0.39, 0.29) is 11.6 Å². The minimum Gasteiger partial charge on any atom is -0.460 e. The van der Waals surface area contributed by atoms with E-state index in [1.807, 2.05) is 36.4 Å². The number of hydrogen-bond donors (Lipinski definition) is 0. The fourth-order valence-electron chi connectivity index (χ4n) is 4.93. The molecular weight excluding hydrogens is 467 g/mol. The van der Waals surface area contributed by atoms with Gasteiger partial charge in [-0.2, -0.15) is 13.2 Å². The average molecular weight is 498 g/mol. The van der Waals surface area contributed by atoms with Crippen LogP contribution in [0.4, 0.5) is 13.2 Å². The van der Waals surface area contributed by atoms with Gasteiger partial charge in [-0.05, 0) is 30.4 Å². The molecule has 0 N–H and O–H groups in total. The van der Waals surface area contributed by atoms with E-state index in [2.05, 4.69) is 29.2 Å². The van der Waals surface area contributed by atoms with Crippen molar-refractivity contribution >= 4 is 5.97 Å². The van der Waals surface area contributed by atoms with E-state index in [9.17, 15) is 18.0 Å². The summed E-state index contributed by atoms with van der Waals surface area (Å²) in [5.41, 5.74) is -1.17. The van der Waals surface area contributed by atoms with Gasteiger partial charge in [0.25, 0.3) is 5.60 Å². The number of halogens is 3. The highest BCUT2D eigenvalue weighted by Gasteiger charge is 2.64. The van der Waals surface area contributed by atoms with Gasteiger partial charge < -0.3 is 9.47 Å². The first-order valence-corrected chi connectivity index (χ1v) is 12.0. The summed E-state index contributed by atoms with van der Waals surface area (Å²) in [5.74, 6) is -1.42. The van der Waals surface area contributed by atoms with Crippen molar-refractivity contribution in [1.82, 2.24) is 4.90 Å². The van der Waals surface area contributed by atoms with Gasteiger partial charge in [-0.3, -0.25) is 4.90 Å². The maximum absolute atomic E-state index is 14.2. The summed E-state index contributed by atoms with van der Waals surface area (Å²) < 4.78 is 53.1. The van der Waals surface area contributed by atoms with Crippen LogP contribution in [0.3, 0.4) is 0 Å².